The van der Waals surface area contributed by atoms with Gasteiger partial charge in [0.25, 0.3) is 0 Å². The zero-order valence-electron chi connectivity index (χ0n) is 52.0. The molecule has 2 fully saturated rings. The van der Waals surface area contributed by atoms with E-state index in [1.165, 1.54) is 205 Å². The number of nitrogens with one attached hydrogen (secondary N) is 1. The highest BCUT2D eigenvalue weighted by atomic mass is 16.7. The molecule has 0 aromatic heterocycles. The molecule has 14 heteroatoms. The Bertz CT molecular complexity index is 1560. The molecule has 12 unspecified atom stereocenters. The molecule has 0 bridgehead atoms. The first-order chi connectivity index (χ1) is 40.1. The maximum atomic E-state index is 13.2. The summed E-state index contributed by atoms with van der Waals surface area (Å²) >= 11 is 0. The van der Waals surface area contributed by atoms with E-state index in [2.05, 4.69) is 55.6 Å². The molecule has 82 heavy (non-hydrogen) atoms. The molecule has 2 saturated heterocycles. The van der Waals surface area contributed by atoms with Crippen LogP contribution in [0.25, 0.3) is 0 Å². The second-order valence-electron chi connectivity index (χ2n) is 24.0. The number of rotatable bonds is 55. The number of amides is 1. The zero-order chi connectivity index (χ0) is 59.5. The standard InChI is InChI=1S/C68H125NO13/c1-3-5-7-9-11-13-14-15-16-17-18-19-20-21-22-23-24-25-26-27-28-29-30-31-32-33-34-35-36-37-38-39-40-41-42-44-46-48-50-52-60(73)69-56(57(72)51-49-47-45-43-12-10-8-6-4-2)55-79-67-65(78)63(76)66(59(54-71)81-67)82-68-64(77)62(75)61(74)58(53-70)80-68/h14-15,17-18,20-21,49,51,56-59,61-68,70-72,74-78H,3-13,16,19,22-48,50,52-55H2,1-2H3,(H,69,73)/b15-14-,18-17-,21-20-,51-49+. The molecule has 2 rings (SSSR count). The molecule has 0 radical (unpaired) electrons. The Morgan fingerprint density at radius 3 is 1.23 bits per heavy atom. The second-order valence-corrected chi connectivity index (χ2v) is 24.0. The van der Waals surface area contributed by atoms with E-state index in [-0.39, 0.29) is 18.9 Å². The third-order valence-electron chi connectivity index (χ3n) is 16.5. The fourth-order valence-corrected chi connectivity index (χ4v) is 11.1. The summed E-state index contributed by atoms with van der Waals surface area (Å²) in [5, 5.41) is 86.9. The lowest BCUT2D eigenvalue weighted by atomic mass is 9.97. The van der Waals surface area contributed by atoms with Crippen LogP contribution in [0, 0.1) is 0 Å². The molecular weight excluding hydrogens is 1040 g/mol. The first-order valence-corrected chi connectivity index (χ1v) is 33.9. The highest BCUT2D eigenvalue weighted by Crippen LogP contribution is 2.30. The third-order valence-corrected chi connectivity index (χ3v) is 16.5. The van der Waals surface area contributed by atoms with E-state index in [1.807, 2.05) is 6.08 Å². The summed E-state index contributed by atoms with van der Waals surface area (Å²) in [6, 6.07) is -0.911. The van der Waals surface area contributed by atoms with Crippen molar-refractivity contribution in [2.45, 2.75) is 357 Å². The molecule has 1 amide bonds. The van der Waals surface area contributed by atoms with Crippen molar-refractivity contribution in [3.63, 3.8) is 0 Å². The molecule has 2 aliphatic rings. The van der Waals surface area contributed by atoms with Gasteiger partial charge in [0.1, 0.15) is 48.8 Å². The minimum Gasteiger partial charge on any atom is -0.394 e. The summed E-state index contributed by atoms with van der Waals surface area (Å²) in [5.41, 5.74) is 0. The number of ether oxygens (including phenoxy) is 4. The maximum Gasteiger partial charge on any atom is 0.220 e. The molecule has 0 aromatic rings. The van der Waals surface area contributed by atoms with Gasteiger partial charge in [0, 0.05) is 6.42 Å². The average Bonchev–Trinajstić information content (AvgIpc) is 3.38. The van der Waals surface area contributed by atoms with Crippen LogP contribution in [0.1, 0.15) is 284 Å². The quantitative estimate of drug-likeness (QED) is 0.0204. The highest BCUT2D eigenvalue weighted by Gasteiger charge is 2.51. The Morgan fingerprint density at radius 2 is 0.805 bits per heavy atom. The Labute approximate surface area is 499 Å². The van der Waals surface area contributed by atoms with E-state index in [1.54, 1.807) is 6.08 Å². The number of unbranched alkanes of at least 4 members (excludes halogenated alkanes) is 36. The summed E-state index contributed by atoms with van der Waals surface area (Å²) in [5.74, 6) is -0.238. The van der Waals surface area contributed by atoms with Gasteiger partial charge in [-0.1, -0.05) is 268 Å². The van der Waals surface area contributed by atoms with Crippen LogP contribution in [0.3, 0.4) is 0 Å². The predicted molar refractivity (Wildman–Crippen MR) is 332 cm³/mol. The summed E-state index contributed by atoms with van der Waals surface area (Å²) in [6.07, 6.45) is 52.2. The van der Waals surface area contributed by atoms with Gasteiger partial charge >= 0.3 is 0 Å². The van der Waals surface area contributed by atoms with Gasteiger partial charge in [-0.2, -0.15) is 0 Å². The lowest BCUT2D eigenvalue weighted by molar-refractivity contribution is -0.359. The van der Waals surface area contributed by atoms with Crippen LogP contribution < -0.4 is 5.32 Å². The van der Waals surface area contributed by atoms with E-state index >= 15 is 0 Å². The van der Waals surface area contributed by atoms with Crippen LogP contribution in [-0.2, 0) is 23.7 Å². The van der Waals surface area contributed by atoms with Crippen LogP contribution in [0.4, 0.5) is 0 Å². The topological polar surface area (TPSA) is 228 Å². The second kappa shape index (κ2) is 53.2. The molecule has 0 aromatic carbocycles. The van der Waals surface area contributed by atoms with E-state index < -0.39 is 86.8 Å². The number of aliphatic hydroxyl groups excluding tert-OH is 8. The Balaban J connectivity index is 1.52. The largest absolute Gasteiger partial charge is 0.394 e. The zero-order valence-corrected chi connectivity index (χ0v) is 52.0. The fourth-order valence-electron chi connectivity index (χ4n) is 11.1. The molecule has 9 N–H and O–H groups in total. The molecule has 2 heterocycles. The molecule has 14 nitrogen and oxygen atoms in total. The van der Waals surface area contributed by atoms with Crippen molar-refractivity contribution in [1.82, 2.24) is 5.32 Å². The van der Waals surface area contributed by atoms with Gasteiger partial charge in [0.2, 0.25) is 5.91 Å². The molecule has 2 aliphatic heterocycles. The van der Waals surface area contributed by atoms with Crippen molar-refractivity contribution in [3.05, 3.63) is 48.6 Å². The third kappa shape index (κ3) is 37.5. The van der Waals surface area contributed by atoms with Gasteiger partial charge in [-0.15, -0.1) is 0 Å². The SMILES string of the molecule is CCCCCCC/C=C\C/C=C\C/C=C\CCCCCCCCCCCCCCCCCCCCCCCCCCC(=O)NC(COC1OC(CO)C(OC2OC(CO)C(O)C(O)C2O)C(O)C1O)C(O)/C=C/CCCCCCCCC. The van der Waals surface area contributed by atoms with Gasteiger partial charge < -0.3 is 65.1 Å². The van der Waals surface area contributed by atoms with E-state index in [9.17, 15) is 45.6 Å². The van der Waals surface area contributed by atoms with Crippen LogP contribution in [0.5, 0.6) is 0 Å². The van der Waals surface area contributed by atoms with E-state index in [4.69, 9.17) is 18.9 Å². The van der Waals surface area contributed by atoms with Crippen LogP contribution in [0.15, 0.2) is 48.6 Å². The molecule has 12 atom stereocenters. The van der Waals surface area contributed by atoms with Crippen molar-refractivity contribution in [1.29, 1.82) is 0 Å². The van der Waals surface area contributed by atoms with E-state index in [0.29, 0.717) is 6.42 Å². The van der Waals surface area contributed by atoms with Crippen LogP contribution in [0.2, 0.25) is 0 Å². The molecule has 0 saturated carbocycles. The van der Waals surface area contributed by atoms with Crippen LogP contribution >= 0.6 is 0 Å². The van der Waals surface area contributed by atoms with Gasteiger partial charge in [0.15, 0.2) is 12.6 Å². The maximum absolute atomic E-state index is 13.2. The number of hydrogen-bond acceptors (Lipinski definition) is 13. The minimum atomic E-state index is -1.79. The highest BCUT2D eigenvalue weighted by molar-refractivity contribution is 5.76. The van der Waals surface area contributed by atoms with Gasteiger partial charge in [-0.3, -0.25) is 4.79 Å². The predicted octanol–water partition coefficient (Wildman–Crippen LogP) is 13.1. The monoisotopic (exact) mass is 1160 g/mol. The first-order valence-electron chi connectivity index (χ1n) is 33.9. The van der Waals surface area contributed by atoms with Gasteiger partial charge in [-0.25, -0.2) is 0 Å². The van der Waals surface area contributed by atoms with Gasteiger partial charge in [-0.05, 0) is 57.8 Å². The number of carbonyl (C=O) groups excluding carboxylic acids is 1. The summed E-state index contributed by atoms with van der Waals surface area (Å²) in [7, 11) is 0. The Kier molecular flexibility index (Phi) is 49.3. The normalized spacial score (nSPS) is 24.2. The summed E-state index contributed by atoms with van der Waals surface area (Å²) in [6.45, 7) is 2.76. The Morgan fingerprint density at radius 1 is 0.439 bits per heavy atom. The number of aliphatic hydroxyl groups is 8. The summed E-state index contributed by atoms with van der Waals surface area (Å²) < 4.78 is 22.7. The number of carbonyl (C=O) groups is 1. The minimum absolute atomic E-state index is 0.238. The molecule has 480 valence electrons. The van der Waals surface area contributed by atoms with Crippen molar-refractivity contribution < 1.29 is 64.6 Å². The fraction of sp³-hybridized carbons (Fsp3) is 0.868. The molecular formula is C68H125NO13. The number of allylic oxidation sites excluding steroid dienone is 7. The Hall–Kier alpha value is -2.05. The van der Waals surface area contributed by atoms with Crippen molar-refractivity contribution in [2.75, 3.05) is 19.8 Å². The smallest absolute Gasteiger partial charge is 0.220 e. The number of hydrogen-bond donors (Lipinski definition) is 9. The van der Waals surface area contributed by atoms with Crippen molar-refractivity contribution in [3.8, 4) is 0 Å². The first kappa shape index (κ1) is 76.0. The molecule has 0 spiro atoms. The van der Waals surface area contributed by atoms with Crippen molar-refractivity contribution >= 4 is 5.91 Å². The van der Waals surface area contributed by atoms with Gasteiger partial charge in [0.05, 0.1) is 32.0 Å². The lowest BCUT2D eigenvalue weighted by Crippen LogP contribution is -2.65. The van der Waals surface area contributed by atoms with E-state index in [0.717, 1.165) is 51.4 Å². The summed E-state index contributed by atoms with van der Waals surface area (Å²) in [4.78, 5) is 13.2. The molecule has 0 aliphatic carbocycles. The van der Waals surface area contributed by atoms with Crippen molar-refractivity contribution in [2.24, 2.45) is 0 Å². The lowest BCUT2D eigenvalue weighted by Gasteiger charge is -2.46. The average molecular weight is 1160 g/mol. The van der Waals surface area contributed by atoms with Crippen LogP contribution in [-0.4, -0.2) is 140 Å².